The number of benzene rings is 2. The Morgan fingerprint density at radius 3 is 2.45 bits per heavy atom. The monoisotopic (exact) mass is 559 g/mol. The van der Waals surface area contributed by atoms with Gasteiger partial charge in [-0.15, -0.1) is 11.3 Å². The second kappa shape index (κ2) is 14.2. The zero-order valence-corrected chi connectivity index (χ0v) is 22.8. The number of hydrogen-bond acceptors (Lipinski definition) is 6. The zero-order chi connectivity index (χ0) is 28.3. The number of hydrogen-bond donors (Lipinski definition) is 5. The van der Waals surface area contributed by atoms with Crippen molar-refractivity contribution in [2.45, 2.75) is 44.2 Å². The van der Waals surface area contributed by atoms with Crippen molar-refractivity contribution in [1.82, 2.24) is 20.6 Å². The average molecular weight is 560 g/mol. The van der Waals surface area contributed by atoms with E-state index in [2.05, 4.69) is 56.3 Å². The largest absolute Gasteiger partial charge is 0.481 e. The summed E-state index contributed by atoms with van der Waals surface area (Å²) in [6.07, 6.45) is 4.47. The van der Waals surface area contributed by atoms with Crippen LogP contribution in [0.5, 0.6) is 0 Å². The molecule has 0 aliphatic heterocycles. The van der Waals surface area contributed by atoms with Crippen molar-refractivity contribution in [3.8, 4) is 21.6 Å². The van der Waals surface area contributed by atoms with Gasteiger partial charge in [0.05, 0.1) is 12.4 Å². The van der Waals surface area contributed by atoms with Crippen molar-refractivity contribution in [2.24, 2.45) is 5.73 Å². The number of amides is 2. The molecule has 0 saturated heterocycles. The molecule has 9 nitrogen and oxygen atoms in total. The van der Waals surface area contributed by atoms with Gasteiger partial charge in [0.15, 0.2) is 0 Å². The molecule has 4 aromatic rings. The van der Waals surface area contributed by atoms with Gasteiger partial charge in [0, 0.05) is 48.6 Å². The highest BCUT2D eigenvalue weighted by atomic mass is 32.1. The van der Waals surface area contributed by atoms with Crippen molar-refractivity contribution in [3.63, 3.8) is 0 Å². The van der Waals surface area contributed by atoms with Gasteiger partial charge in [-0.1, -0.05) is 54.6 Å². The number of aliphatic carboxylic acids is 1. The molecule has 4 rings (SSSR count). The minimum atomic E-state index is -1.00. The first kappa shape index (κ1) is 28.7. The van der Waals surface area contributed by atoms with E-state index in [0.29, 0.717) is 19.3 Å². The van der Waals surface area contributed by atoms with E-state index in [1.54, 1.807) is 23.9 Å². The molecule has 10 heteroatoms. The Bertz CT molecular complexity index is 1390. The lowest BCUT2D eigenvalue weighted by molar-refractivity contribution is -0.137. The molecule has 0 aliphatic carbocycles. The second-order valence-corrected chi connectivity index (χ2v) is 10.5. The Kier molecular flexibility index (Phi) is 10.2. The first-order valence-corrected chi connectivity index (χ1v) is 14.0. The number of carboxylic acids is 1. The van der Waals surface area contributed by atoms with Gasteiger partial charge < -0.3 is 26.5 Å². The fourth-order valence-corrected chi connectivity index (χ4v) is 5.32. The zero-order valence-electron chi connectivity index (χ0n) is 22.0. The maximum Gasteiger partial charge on any atom is 0.303 e. The number of aromatic amines is 1. The summed E-state index contributed by atoms with van der Waals surface area (Å²) in [5.74, 6) is -1.76. The number of imidazole rings is 1. The van der Waals surface area contributed by atoms with Crippen LogP contribution in [0.4, 0.5) is 0 Å². The minimum absolute atomic E-state index is 0.0738. The van der Waals surface area contributed by atoms with Crippen LogP contribution in [0.1, 0.15) is 30.5 Å². The molecule has 2 atom stereocenters. The van der Waals surface area contributed by atoms with Crippen LogP contribution in [0.15, 0.2) is 78.6 Å². The van der Waals surface area contributed by atoms with Gasteiger partial charge in [0.1, 0.15) is 0 Å². The predicted molar refractivity (Wildman–Crippen MR) is 156 cm³/mol. The van der Waals surface area contributed by atoms with Crippen molar-refractivity contribution in [2.75, 3.05) is 6.54 Å². The van der Waals surface area contributed by atoms with E-state index in [1.807, 2.05) is 30.3 Å². The summed E-state index contributed by atoms with van der Waals surface area (Å²) >= 11 is 1.71. The Hall–Kier alpha value is -4.28. The van der Waals surface area contributed by atoms with E-state index in [4.69, 9.17) is 10.8 Å². The molecule has 2 amide bonds. The highest BCUT2D eigenvalue weighted by molar-refractivity contribution is 7.14. The van der Waals surface area contributed by atoms with E-state index in [9.17, 15) is 14.4 Å². The number of nitrogens with two attached hydrogens (primary N) is 1. The van der Waals surface area contributed by atoms with Gasteiger partial charge in [-0.25, -0.2) is 4.98 Å². The fourth-order valence-electron chi connectivity index (χ4n) is 4.40. The molecular weight excluding hydrogens is 526 g/mol. The molecule has 0 spiro atoms. The molecule has 0 bridgehead atoms. The third-order valence-corrected chi connectivity index (χ3v) is 7.55. The molecule has 2 aromatic heterocycles. The lowest BCUT2D eigenvalue weighted by atomic mass is 10.0. The van der Waals surface area contributed by atoms with Crippen molar-refractivity contribution >= 4 is 29.1 Å². The maximum absolute atomic E-state index is 12.8. The molecule has 0 fully saturated rings. The molecule has 0 saturated carbocycles. The van der Waals surface area contributed by atoms with Crippen molar-refractivity contribution < 1.29 is 19.5 Å². The lowest BCUT2D eigenvalue weighted by Gasteiger charge is -2.22. The number of carbonyl (C=O) groups is 3. The van der Waals surface area contributed by atoms with Gasteiger partial charge in [-0.3, -0.25) is 14.4 Å². The van der Waals surface area contributed by atoms with Crippen LogP contribution >= 0.6 is 11.3 Å². The van der Waals surface area contributed by atoms with Crippen LogP contribution in [0, 0.1) is 0 Å². The highest BCUT2D eigenvalue weighted by Gasteiger charge is 2.20. The molecule has 0 aliphatic rings. The Morgan fingerprint density at radius 2 is 1.77 bits per heavy atom. The summed E-state index contributed by atoms with van der Waals surface area (Å²) in [7, 11) is 0. The molecule has 0 unspecified atom stereocenters. The number of nitrogens with one attached hydrogen (secondary N) is 3. The van der Waals surface area contributed by atoms with Crippen LogP contribution < -0.4 is 16.4 Å². The van der Waals surface area contributed by atoms with E-state index in [1.165, 1.54) is 16.0 Å². The van der Waals surface area contributed by atoms with E-state index in [0.717, 1.165) is 16.8 Å². The number of nitrogens with zero attached hydrogens (tertiary/aromatic N) is 1. The third-order valence-electron chi connectivity index (χ3n) is 6.57. The first-order valence-electron chi connectivity index (χ1n) is 13.1. The van der Waals surface area contributed by atoms with E-state index >= 15 is 0 Å². The summed E-state index contributed by atoms with van der Waals surface area (Å²) < 4.78 is 0. The fraction of sp³-hybridized carbons (Fsp3) is 0.267. The lowest BCUT2D eigenvalue weighted by Crippen LogP contribution is -2.49. The molecular formula is C30H33N5O4S. The van der Waals surface area contributed by atoms with Crippen LogP contribution in [0.3, 0.4) is 0 Å². The maximum atomic E-state index is 12.8. The van der Waals surface area contributed by atoms with Gasteiger partial charge >= 0.3 is 5.97 Å². The third kappa shape index (κ3) is 8.62. The van der Waals surface area contributed by atoms with Crippen LogP contribution in [0.2, 0.25) is 0 Å². The van der Waals surface area contributed by atoms with Crippen LogP contribution in [-0.2, 0) is 27.2 Å². The number of primary amides is 1. The number of rotatable bonds is 15. The van der Waals surface area contributed by atoms with Gasteiger partial charge in [-0.2, -0.15) is 0 Å². The first-order chi connectivity index (χ1) is 19.4. The van der Waals surface area contributed by atoms with Gasteiger partial charge in [-0.05, 0) is 46.5 Å². The Balaban J connectivity index is 1.31. The van der Waals surface area contributed by atoms with E-state index in [-0.39, 0.29) is 31.3 Å². The molecule has 40 heavy (non-hydrogen) atoms. The number of aromatic nitrogens is 2. The molecule has 2 aromatic carbocycles. The Labute approximate surface area is 236 Å². The summed E-state index contributed by atoms with van der Waals surface area (Å²) in [6.45, 7) is 0.248. The summed E-state index contributed by atoms with van der Waals surface area (Å²) in [4.78, 5) is 43.7. The van der Waals surface area contributed by atoms with E-state index < -0.39 is 17.9 Å². The standard InChI is InChI=1S/C30H33N5O4S/c31-30(39)26(11-13-29(37)38)33-17-25(15-24-16-32-19-34-24)35-28(36)12-8-20-6-9-22(10-7-20)27-14-23(18-40-27)21-4-2-1-3-5-21/h1-7,9-10,14,16,18-19,25-26,33H,8,11-13,15,17H2,(H2,31,39)(H,32,34)(H,35,36)(H,37,38)/t25-,26-/m0/s1. The molecule has 0 radical (unpaired) electrons. The molecule has 208 valence electrons. The number of H-pyrrole nitrogens is 1. The number of thiophene rings is 1. The average Bonchev–Trinajstić information content (AvgIpc) is 3.65. The summed E-state index contributed by atoms with van der Waals surface area (Å²) in [5.41, 5.74) is 10.9. The summed E-state index contributed by atoms with van der Waals surface area (Å²) in [6, 6.07) is 19.6. The molecule has 6 N–H and O–H groups in total. The Morgan fingerprint density at radius 1 is 1.00 bits per heavy atom. The van der Waals surface area contributed by atoms with Crippen molar-refractivity contribution in [1.29, 1.82) is 0 Å². The topological polar surface area (TPSA) is 150 Å². The minimum Gasteiger partial charge on any atom is -0.481 e. The second-order valence-electron chi connectivity index (χ2n) is 9.60. The molecule has 2 heterocycles. The number of aryl methyl sites for hydroxylation is 1. The highest BCUT2D eigenvalue weighted by Crippen LogP contribution is 2.32. The van der Waals surface area contributed by atoms with Crippen LogP contribution in [-0.4, -0.2) is 51.5 Å². The van der Waals surface area contributed by atoms with Gasteiger partial charge in [0.25, 0.3) is 0 Å². The normalized spacial score (nSPS) is 12.5. The van der Waals surface area contributed by atoms with Crippen molar-refractivity contribution in [3.05, 3.63) is 89.8 Å². The number of carbonyl (C=O) groups excluding carboxylic acids is 2. The predicted octanol–water partition coefficient (Wildman–Crippen LogP) is 3.77. The summed E-state index contributed by atoms with van der Waals surface area (Å²) in [5, 5.41) is 17.1. The smallest absolute Gasteiger partial charge is 0.303 e. The van der Waals surface area contributed by atoms with Gasteiger partial charge in [0.2, 0.25) is 11.8 Å². The quantitative estimate of drug-likeness (QED) is 0.150. The SMILES string of the molecule is NC(=O)[C@H](CCC(=O)O)NC[C@H](Cc1cnc[nH]1)NC(=O)CCc1ccc(-c2cc(-c3ccccc3)cs2)cc1. The number of carboxylic acid groups (broad SMARTS) is 1. The van der Waals surface area contributed by atoms with Crippen LogP contribution in [0.25, 0.3) is 21.6 Å².